The summed E-state index contributed by atoms with van der Waals surface area (Å²) < 4.78 is 5.10. The molecule has 0 saturated carbocycles. The third-order valence-corrected chi connectivity index (χ3v) is 4.03. The fourth-order valence-electron chi connectivity index (χ4n) is 2.03. The number of rotatable bonds is 5. The molecule has 0 unspecified atom stereocenters. The number of carbonyl (C=O) groups excluding carboxylic acids is 1. The van der Waals surface area contributed by atoms with E-state index in [-0.39, 0.29) is 11.3 Å². The Labute approximate surface area is 124 Å². The van der Waals surface area contributed by atoms with E-state index in [1.165, 1.54) is 4.88 Å². The molecule has 0 aliphatic carbocycles. The second kappa shape index (κ2) is 6.27. The largest absolute Gasteiger partial charge is 0.472 e. The first-order valence-electron chi connectivity index (χ1n) is 6.79. The summed E-state index contributed by atoms with van der Waals surface area (Å²) in [5, 5.41) is 2.07. The molecule has 1 amide bonds. The van der Waals surface area contributed by atoms with Gasteiger partial charge in [0.15, 0.2) is 0 Å². The lowest BCUT2D eigenvalue weighted by Gasteiger charge is -2.29. The quantitative estimate of drug-likeness (QED) is 0.835. The highest BCUT2D eigenvalue weighted by atomic mass is 32.1. The van der Waals surface area contributed by atoms with E-state index in [0.717, 1.165) is 18.5 Å². The first-order valence-corrected chi connectivity index (χ1v) is 7.67. The molecule has 0 aliphatic rings. The lowest BCUT2D eigenvalue weighted by molar-refractivity contribution is -0.140. The van der Waals surface area contributed by atoms with Gasteiger partial charge in [-0.05, 0) is 23.9 Å². The molecule has 0 saturated heterocycles. The predicted octanol–water partition coefficient (Wildman–Crippen LogP) is 3.96. The van der Waals surface area contributed by atoms with Crippen molar-refractivity contribution in [2.24, 2.45) is 5.41 Å². The van der Waals surface area contributed by atoms with Gasteiger partial charge in [0.1, 0.15) is 0 Å². The van der Waals surface area contributed by atoms with Crippen molar-refractivity contribution in [3.05, 3.63) is 46.5 Å². The van der Waals surface area contributed by atoms with Crippen LogP contribution in [0.25, 0.3) is 0 Å². The molecule has 0 atom stereocenters. The van der Waals surface area contributed by atoms with Crippen LogP contribution in [0.4, 0.5) is 0 Å². The summed E-state index contributed by atoms with van der Waals surface area (Å²) in [6, 6.07) is 6.07. The monoisotopic (exact) mass is 291 g/mol. The number of hydrogen-bond acceptors (Lipinski definition) is 3. The van der Waals surface area contributed by atoms with Crippen molar-refractivity contribution in [3.63, 3.8) is 0 Å². The highest BCUT2D eigenvalue weighted by Gasteiger charge is 2.27. The minimum atomic E-state index is -0.362. The van der Waals surface area contributed by atoms with Crippen molar-refractivity contribution >= 4 is 17.2 Å². The molecule has 2 aromatic heterocycles. The number of furan rings is 1. The number of amides is 1. The maximum absolute atomic E-state index is 12.5. The van der Waals surface area contributed by atoms with E-state index in [1.54, 1.807) is 23.9 Å². The smallest absolute Gasteiger partial charge is 0.228 e. The summed E-state index contributed by atoms with van der Waals surface area (Å²) >= 11 is 1.74. The maximum atomic E-state index is 12.5. The van der Waals surface area contributed by atoms with Crippen LogP contribution in [-0.4, -0.2) is 17.4 Å². The average Bonchev–Trinajstić information content (AvgIpc) is 3.05. The molecule has 2 aromatic rings. The zero-order chi connectivity index (χ0) is 14.6. The third kappa shape index (κ3) is 3.97. The number of carbonyl (C=O) groups is 1. The number of thiophene rings is 1. The topological polar surface area (TPSA) is 33.5 Å². The lowest BCUT2D eigenvalue weighted by Crippen LogP contribution is -2.40. The van der Waals surface area contributed by atoms with Crippen molar-refractivity contribution in [2.75, 3.05) is 6.54 Å². The van der Waals surface area contributed by atoms with Crippen LogP contribution in [0.2, 0.25) is 0 Å². The van der Waals surface area contributed by atoms with Gasteiger partial charge in [-0.1, -0.05) is 26.8 Å². The first-order chi connectivity index (χ1) is 9.47. The number of hydrogen-bond donors (Lipinski definition) is 0. The van der Waals surface area contributed by atoms with E-state index in [4.69, 9.17) is 4.42 Å². The molecule has 0 aliphatic heterocycles. The molecule has 0 spiro atoms. The Balaban J connectivity index is 2.05. The molecule has 2 heterocycles. The standard InChI is InChI=1S/C16H21NO2S/c1-16(2,3)15(18)17(11-13-7-9-19-12-13)8-6-14-5-4-10-20-14/h4-5,7,9-10,12H,6,8,11H2,1-3H3. The van der Waals surface area contributed by atoms with Gasteiger partial charge in [0.25, 0.3) is 0 Å². The minimum Gasteiger partial charge on any atom is -0.472 e. The summed E-state index contributed by atoms with van der Waals surface area (Å²) in [5.41, 5.74) is 0.674. The van der Waals surface area contributed by atoms with Crippen LogP contribution in [0.1, 0.15) is 31.2 Å². The van der Waals surface area contributed by atoms with E-state index in [9.17, 15) is 4.79 Å². The molecule has 0 radical (unpaired) electrons. The Hall–Kier alpha value is -1.55. The van der Waals surface area contributed by atoms with Crippen LogP contribution >= 0.6 is 11.3 Å². The highest BCUT2D eigenvalue weighted by molar-refractivity contribution is 7.09. The van der Waals surface area contributed by atoms with E-state index < -0.39 is 0 Å². The van der Waals surface area contributed by atoms with Crippen LogP contribution in [0.5, 0.6) is 0 Å². The van der Waals surface area contributed by atoms with Crippen molar-refractivity contribution in [1.29, 1.82) is 0 Å². The van der Waals surface area contributed by atoms with Crippen LogP contribution in [0.3, 0.4) is 0 Å². The zero-order valence-corrected chi connectivity index (χ0v) is 13.1. The SMILES string of the molecule is CC(C)(C)C(=O)N(CCc1cccs1)Cc1ccoc1. The van der Waals surface area contributed by atoms with Gasteiger partial charge < -0.3 is 9.32 Å². The molecule has 0 bridgehead atoms. The average molecular weight is 291 g/mol. The molecule has 3 nitrogen and oxygen atoms in total. The van der Waals surface area contributed by atoms with Gasteiger partial charge in [0.2, 0.25) is 5.91 Å². The molecule has 0 aromatic carbocycles. The van der Waals surface area contributed by atoms with Crippen LogP contribution in [-0.2, 0) is 17.8 Å². The Kier molecular flexibility index (Phi) is 4.65. The van der Waals surface area contributed by atoms with E-state index in [0.29, 0.717) is 6.54 Å². The fraction of sp³-hybridized carbons (Fsp3) is 0.438. The van der Waals surface area contributed by atoms with Crippen molar-refractivity contribution in [1.82, 2.24) is 4.90 Å². The molecule has 20 heavy (non-hydrogen) atoms. The molecular weight excluding hydrogens is 270 g/mol. The summed E-state index contributed by atoms with van der Waals surface area (Å²) in [5.74, 6) is 0.176. The van der Waals surface area contributed by atoms with Crippen molar-refractivity contribution < 1.29 is 9.21 Å². The zero-order valence-electron chi connectivity index (χ0n) is 12.3. The van der Waals surface area contributed by atoms with Crippen LogP contribution in [0.15, 0.2) is 40.5 Å². The molecule has 0 N–H and O–H groups in total. The summed E-state index contributed by atoms with van der Waals surface area (Å²) in [6.45, 7) is 7.23. The Morgan fingerprint density at radius 2 is 2.15 bits per heavy atom. The van der Waals surface area contributed by atoms with Crippen LogP contribution < -0.4 is 0 Å². The summed E-state index contributed by atoms with van der Waals surface area (Å²) in [7, 11) is 0. The Bertz CT molecular complexity index is 523. The minimum absolute atomic E-state index is 0.176. The third-order valence-electron chi connectivity index (χ3n) is 3.09. The number of nitrogens with zero attached hydrogens (tertiary/aromatic N) is 1. The molecule has 4 heteroatoms. The maximum Gasteiger partial charge on any atom is 0.228 e. The van der Waals surface area contributed by atoms with E-state index in [1.807, 2.05) is 37.8 Å². The van der Waals surface area contributed by atoms with Gasteiger partial charge in [-0.25, -0.2) is 0 Å². The van der Waals surface area contributed by atoms with Gasteiger partial charge in [0.05, 0.1) is 12.5 Å². The normalized spacial score (nSPS) is 11.6. The second-order valence-electron chi connectivity index (χ2n) is 5.94. The van der Waals surface area contributed by atoms with Gasteiger partial charge in [0, 0.05) is 28.9 Å². The van der Waals surface area contributed by atoms with Crippen LogP contribution in [0, 0.1) is 5.41 Å². The molecule has 0 fully saturated rings. The van der Waals surface area contributed by atoms with Gasteiger partial charge in [-0.3, -0.25) is 4.79 Å². The predicted molar refractivity (Wildman–Crippen MR) is 81.6 cm³/mol. The molecule has 108 valence electrons. The van der Waals surface area contributed by atoms with E-state index >= 15 is 0 Å². The Morgan fingerprint density at radius 1 is 1.35 bits per heavy atom. The van der Waals surface area contributed by atoms with Crippen molar-refractivity contribution in [2.45, 2.75) is 33.7 Å². The second-order valence-corrected chi connectivity index (χ2v) is 6.97. The van der Waals surface area contributed by atoms with E-state index in [2.05, 4.69) is 11.4 Å². The Morgan fingerprint density at radius 3 is 2.70 bits per heavy atom. The van der Waals surface area contributed by atoms with Gasteiger partial charge in [-0.15, -0.1) is 11.3 Å². The van der Waals surface area contributed by atoms with Gasteiger partial charge in [-0.2, -0.15) is 0 Å². The molecular formula is C16H21NO2S. The summed E-state index contributed by atoms with van der Waals surface area (Å²) in [6.07, 6.45) is 4.25. The summed E-state index contributed by atoms with van der Waals surface area (Å²) in [4.78, 5) is 15.8. The van der Waals surface area contributed by atoms with Crippen molar-refractivity contribution in [3.8, 4) is 0 Å². The first kappa shape index (κ1) is 14.9. The highest BCUT2D eigenvalue weighted by Crippen LogP contribution is 2.20. The lowest BCUT2D eigenvalue weighted by atomic mass is 9.94. The fourth-order valence-corrected chi connectivity index (χ4v) is 2.73. The van der Waals surface area contributed by atoms with Gasteiger partial charge >= 0.3 is 0 Å². The molecule has 2 rings (SSSR count).